The smallest absolute Gasteiger partial charge is 0.202 e. The second-order valence-corrected chi connectivity index (χ2v) is 6.42. The van der Waals surface area contributed by atoms with Crippen molar-refractivity contribution in [3.05, 3.63) is 5.69 Å². The molecule has 0 unspecified atom stereocenters. The number of fused-ring (bicyclic) bond motifs is 1. The van der Waals surface area contributed by atoms with Gasteiger partial charge in [0, 0.05) is 13.6 Å². The fraction of sp³-hybridized carbons (Fsp3) is 0.714. The zero-order chi connectivity index (χ0) is 14.2. The van der Waals surface area contributed by atoms with Crippen molar-refractivity contribution in [2.75, 3.05) is 5.73 Å². The second kappa shape index (κ2) is 4.87. The van der Waals surface area contributed by atoms with Gasteiger partial charge in [-0.15, -0.1) is 0 Å². The van der Waals surface area contributed by atoms with Crippen LogP contribution in [0.15, 0.2) is 0 Å². The summed E-state index contributed by atoms with van der Waals surface area (Å²) in [5, 5.41) is 4.56. The normalized spacial score (nSPS) is 12.5. The summed E-state index contributed by atoms with van der Waals surface area (Å²) >= 11 is 0. The van der Waals surface area contributed by atoms with E-state index in [1.54, 1.807) is 0 Å². The third-order valence-electron chi connectivity index (χ3n) is 3.39. The molecule has 5 nitrogen and oxygen atoms in total. The van der Waals surface area contributed by atoms with Crippen LogP contribution in [0.4, 0.5) is 5.95 Å². The molecule has 0 aliphatic heterocycles. The number of hydrogen-bond donors (Lipinski definition) is 1. The fourth-order valence-corrected chi connectivity index (χ4v) is 2.33. The first kappa shape index (κ1) is 13.9. The number of nitrogens with zero attached hydrogens (tertiary/aromatic N) is 4. The molecular weight excluding hydrogens is 238 g/mol. The van der Waals surface area contributed by atoms with Crippen molar-refractivity contribution in [3.8, 4) is 0 Å². The van der Waals surface area contributed by atoms with Crippen molar-refractivity contribution in [2.45, 2.75) is 53.5 Å². The van der Waals surface area contributed by atoms with Crippen LogP contribution in [-0.2, 0) is 20.0 Å². The van der Waals surface area contributed by atoms with Gasteiger partial charge in [0.1, 0.15) is 5.52 Å². The first-order valence-corrected chi connectivity index (χ1v) is 7.01. The summed E-state index contributed by atoms with van der Waals surface area (Å²) in [6, 6.07) is 0. The average Bonchev–Trinajstić information content (AvgIpc) is 2.75. The van der Waals surface area contributed by atoms with E-state index in [9.17, 15) is 0 Å². The van der Waals surface area contributed by atoms with E-state index in [0.29, 0.717) is 5.95 Å². The van der Waals surface area contributed by atoms with Crippen LogP contribution >= 0.6 is 0 Å². The van der Waals surface area contributed by atoms with Crippen LogP contribution in [0.1, 0.15) is 46.2 Å². The minimum Gasteiger partial charge on any atom is -0.369 e. The highest BCUT2D eigenvalue weighted by molar-refractivity contribution is 5.77. The molecule has 0 spiro atoms. The van der Waals surface area contributed by atoms with Crippen LogP contribution in [0.25, 0.3) is 11.2 Å². The highest BCUT2D eigenvalue weighted by Crippen LogP contribution is 2.25. The summed E-state index contributed by atoms with van der Waals surface area (Å²) in [5.74, 6) is 0.601. The van der Waals surface area contributed by atoms with Gasteiger partial charge in [-0.05, 0) is 18.3 Å². The van der Waals surface area contributed by atoms with Crippen LogP contribution < -0.4 is 5.73 Å². The highest BCUT2D eigenvalue weighted by atomic mass is 15.3. The minimum atomic E-state index is 0.286. The highest BCUT2D eigenvalue weighted by Gasteiger charge is 2.19. The van der Waals surface area contributed by atoms with Gasteiger partial charge in [-0.25, -0.2) is 4.98 Å². The molecule has 2 aromatic heterocycles. The fourth-order valence-electron chi connectivity index (χ4n) is 2.33. The Morgan fingerprint density at radius 1 is 1.26 bits per heavy atom. The Balaban J connectivity index is 2.41. The Morgan fingerprint density at radius 2 is 1.95 bits per heavy atom. The topological polar surface area (TPSA) is 61.7 Å². The number of nitrogens with two attached hydrogens (primary N) is 1. The summed E-state index contributed by atoms with van der Waals surface area (Å²) in [6.45, 7) is 9.76. The monoisotopic (exact) mass is 263 g/mol. The molecule has 0 fully saturated rings. The number of aromatic nitrogens is 4. The summed E-state index contributed by atoms with van der Waals surface area (Å²) < 4.78 is 4.00. The number of rotatable bonds is 4. The van der Waals surface area contributed by atoms with E-state index in [-0.39, 0.29) is 5.41 Å². The molecule has 106 valence electrons. The number of aryl methyl sites for hydroxylation is 3. The maximum atomic E-state index is 6.07. The Kier molecular flexibility index (Phi) is 3.56. The predicted octanol–water partition coefficient (Wildman–Crippen LogP) is 2.74. The van der Waals surface area contributed by atoms with E-state index < -0.39 is 0 Å². The van der Waals surface area contributed by atoms with Crippen LogP contribution in [0.3, 0.4) is 0 Å². The molecule has 0 aromatic carbocycles. The van der Waals surface area contributed by atoms with Crippen LogP contribution in [0.5, 0.6) is 0 Å². The molecule has 2 heterocycles. The number of anilines is 1. The molecule has 0 aliphatic carbocycles. The molecule has 2 rings (SSSR count). The zero-order valence-electron chi connectivity index (χ0n) is 12.7. The van der Waals surface area contributed by atoms with Crippen LogP contribution in [0, 0.1) is 5.41 Å². The van der Waals surface area contributed by atoms with Gasteiger partial charge < -0.3 is 5.73 Å². The molecule has 2 N–H and O–H groups in total. The Labute approximate surface area is 114 Å². The molecule has 0 aliphatic rings. The molecule has 19 heavy (non-hydrogen) atoms. The van der Waals surface area contributed by atoms with Gasteiger partial charge in [0.15, 0.2) is 5.65 Å². The standard InChI is InChI=1S/C14H25N5/c1-6-7-10-11-12(18(5)17-10)19(13(15)16-11)9-8-14(2,3)4/h6-9H2,1-5H3,(H2,15,16). The molecule has 0 atom stereocenters. The predicted molar refractivity (Wildman–Crippen MR) is 79.0 cm³/mol. The first-order valence-electron chi connectivity index (χ1n) is 7.01. The van der Waals surface area contributed by atoms with E-state index in [4.69, 9.17) is 5.73 Å². The van der Waals surface area contributed by atoms with Crippen molar-refractivity contribution >= 4 is 17.1 Å². The van der Waals surface area contributed by atoms with Gasteiger partial charge in [0.05, 0.1) is 5.69 Å². The molecule has 0 bridgehead atoms. The maximum Gasteiger partial charge on any atom is 0.202 e. The molecular formula is C14H25N5. The Hall–Kier alpha value is -1.52. The maximum absolute atomic E-state index is 6.07. The van der Waals surface area contributed by atoms with Gasteiger partial charge >= 0.3 is 0 Å². The summed E-state index contributed by atoms with van der Waals surface area (Å²) in [6.07, 6.45) is 3.09. The van der Waals surface area contributed by atoms with Gasteiger partial charge in [-0.1, -0.05) is 34.1 Å². The summed E-state index contributed by atoms with van der Waals surface area (Å²) in [5.41, 5.74) is 9.43. The van der Waals surface area contributed by atoms with E-state index in [1.165, 1.54) is 0 Å². The first-order chi connectivity index (χ1) is 8.83. The minimum absolute atomic E-state index is 0.286. The lowest BCUT2D eigenvalue weighted by atomic mass is 9.92. The quantitative estimate of drug-likeness (QED) is 0.922. The van der Waals surface area contributed by atoms with Crippen LogP contribution in [-0.4, -0.2) is 19.3 Å². The van der Waals surface area contributed by atoms with Crippen molar-refractivity contribution < 1.29 is 0 Å². The number of imidazole rings is 1. The van der Waals surface area contributed by atoms with Gasteiger partial charge in [-0.3, -0.25) is 9.25 Å². The van der Waals surface area contributed by atoms with Crippen LogP contribution in [0.2, 0.25) is 0 Å². The van der Waals surface area contributed by atoms with Crippen molar-refractivity contribution in [2.24, 2.45) is 12.5 Å². The van der Waals surface area contributed by atoms with Gasteiger partial charge in [0.25, 0.3) is 0 Å². The lowest BCUT2D eigenvalue weighted by molar-refractivity contribution is 0.353. The third-order valence-corrected chi connectivity index (χ3v) is 3.39. The molecule has 5 heteroatoms. The summed E-state index contributed by atoms with van der Waals surface area (Å²) in [4.78, 5) is 4.51. The van der Waals surface area contributed by atoms with Gasteiger partial charge in [0.2, 0.25) is 5.95 Å². The van der Waals surface area contributed by atoms with E-state index in [1.807, 2.05) is 11.7 Å². The van der Waals surface area contributed by atoms with Crippen molar-refractivity contribution in [1.82, 2.24) is 19.3 Å². The molecule has 0 saturated carbocycles. The zero-order valence-corrected chi connectivity index (χ0v) is 12.7. The number of nitrogen functional groups attached to an aromatic ring is 1. The summed E-state index contributed by atoms with van der Waals surface area (Å²) in [7, 11) is 1.97. The SMILES string of the molecule is CCCc1nn(C)c2c1nc(N)n2CCC(C)(C)C. The molecule has 0 amide bonds. The average molecular weight is 263 g/mol. The lowest BCUT2D eigenvalue weighted by Crippen LogP contribution is -2.13. The molecule has 0 radical (unpaired) electrons. The number of hydrogen-bond acceptors (Lipinski definition) is 3. The van der Waals surface area contributed by atoms with Crippen molar-refractivity contribution in [1.29, 1.82) is 0 Å². The molecule has 2 aromatic rings. The molecule has 0 saturated heterocycles. The van der Waals surface area contributed by atoms with Gasteiger partial charge in [-0.2, -0.15) is 5.10 Å². The van der Waals surface area contributed by atoms with E-state index >= 15 is 0 Å². The lowest BCUT2D eigenvalue weighted by Gasteiger charge is -2.18. The largest absolute Gasteiger partial charge is 0.369 e. The van der Waals surface area contributed by atoms with Crippen molar-refractivity contribution in [3.63, 3.8) is 0 Å². The second-order valence-electron chi connectivity index (χ2n) is 6.42. The third kappa shape index (κ3) is 2.74. The van der Waals surface area contributed by atoms with E-state index in [2.05, 4.69) is 42.3 Å². The Bertz CT molecular complexity index is 571. The van der Waals surface area contributed by atoms with E-state index in [0.717, 1.165) is 42.7 Å². The Morgan fingerprint density at radius 3 is 2.53 bits per heavy atom.